The Morgan fingerprint density at radius 2 is 1.77 bits per heavy atom. The second-order valence-electron chi connectivity index (χ2n) is 8.09. The summed E-state index contributed by atoms with van der Waals surface area (Å²) < 4.78 is 48.3. The molecule has 2 aromatic rings. The van der Waals surface area contributed by atoms with E-state index in [0.29, 0.717) is 3.57 Å². The molecule has 1 aliphatic heterocycles. The van der Waals surface area contributed by atoms with Crippen LogP contribution in [0.4, 0.5) is 29.3 Å². The van der Waals surface area contributed by atoms with Crippen LogP contribution >= 0.6 is 22.6 Å². The van der Waals surface area contributed by atoms with Crippen molar-refractivity contribution in [1.82, 2.24) is 10.2 Å². The quantitative estimate of drug-likeness (QED) is 0.540. The van der Waals surface area contributed by atoms with Crippen LogP contribution in [0.3, 0.4) is 0 Å². The molecule has 0 aliphatic carbocycles. The van der Waals surface area contributed by atoms with Gasteiger partial charge in [-0.05, 0) is 73.7 Å². The molecule has 2 amide bonds. The van der Waals surface area contributed by atoms with E-state index in [1.54, 1.807) is 26.8 Å². The smallest absolute Gasteiger partial charge is 0.407 e. The summed E-state index contributed by atoms with van der Waals surface area (Å²) in [5.41, 5.74) is -1.34. The molecule has 31 heavy (non-hydrogen) atoms. The number of nitrogens with one attached hydrogen (secondary N) is 2. The molecule has 166 valence electrons. The van der Waals surface area contributed by atoms with Gasteiger partial charge in [-0.25, -0.2) is 18.0 Å². The van der Waals surface area contributed by atoms with Crippen molar-refractivity contribution in [2.45, 2.75) is 32.4 Å². The van der Waals surface area contributed by atoms with Crippen LogP contribution in [0.15, 0.2) is 30.3 Å². The molecule has 3 rings (SSSR count). The van der Waals surface area contributed by atoms with Crippen molar-refractivity contribution >= 4 is 46.0 Å². The van der Waals surface area contributed by atoms with Gasteiger partial charge in [0.05, 0.1) is 23.0 Å². The van der Waals surface area contributed by atoms with E-state index < -0.39 is 40.7 Å². The zero-order chi connectivity index (χ0) is 22.9. The molecule has 1 heterocycles. The lowest BCUT2D eigenvalue weighted by atomic mass is 10.0. The Morgan fingerprint density at radius 3 is 2.39 bits per heavy atom. The number of likely N-dealkylation sites (tertiary alicyclic amines) is 1. The van der Waals surface area contributed by atoms with E-state index in [-0.39, 0.29) is 30.4 Å². The Balaban J connectivity index is 1.74. The first-order chi connectivity index (χ1) is 14.4. The van der Waals surface area contributed by atoms with E-state index in [9.17, 15) is 22.8 Å². The van der Waals surface area contributed by atoms with Crippen molar-refractivity contribution in [3.63, 3.8) is 0 Å². The Kier molecular flexibility index (Phi) is 6.68. The molecule has 0 unspecified atom stereocenters. The average molecular weight is 547 g/mol. The highest BCUT2D eigenvalue weighted by Gasteiger charge is 2.35. The first-order valence-electron chi connectivity index (χ1n) is 9.43. The Labute approximate surface area is 191 Å². The highest BCUT2D eigenvalue weighted by atomic mass is 127. The van der Waals surface area contributed by atoms with Crippen molar-refractivity contribution in [1.29, 1.82) is 0 Å². The average Bonchev–Trinajstić information content (AvgIpc) is 2.62. The van der Waals surface area contributed by atoms with Gasteiger partial charge in [-0.3, -0.25) is 4.79 Å². The predicted molar refractivity (Wildman–Crippen MR) is 118 cm³/mol. The van der Waals surface area contributed by atoms with Gasteiger partial charge in [0.25, 0.3) is 5.91 Å². The molecule has 1 saturated heterocycles. The number of carbonyl (C=O) groups is 2. The minimum Gasteiger partial charge on any atom is -0.444 e. The molecule has 0 atom stereocenters. The fourth-order valence-electron chi connectivity index (χ4n) is 2.96. The number of halogens is 4. The lowest BCUT2D eigenvalue weighted by Gasteiger charge is -2.40. The third-order valence-corrected chi connectivity index (χ3v) is 5.08. The molecular formula is C21H21F3IN3O3. The Morgan fingerprint density at radius 1 is 1.10 bits per heavy atom. The number of amides is 2. The number of benzene rings is 2. The summed E-state index contributed by atoms with van der Waals surface area (Å²) >= 11 is 1.92. The number of alkyl carbamates (subject to hydrolysis) is 1. The lowest BCUT2D eigenvalue weighted by molar-refractivity contribution is 0.0359. The molecule has 2 N–H and O–H groups in total. The third kappa shape index (κ3) is 5.60. The molecule has 0 radical (unpaired) electrons. The van der Waals surface area contributed by atoms with Crippen molar-refractivity contribution in [3.8, 4) is 0 Å². The zero-order valence-electron chi connectivity index (χ0n) is 17.1. The van der Waals surface area contributed by atoms with Crippen molar-refractivity contribution in [2.75, 3.05) is 18.4 Å². The van der Waals surface area contributed by atoms with Gasteiger partial charge < -0.3 is 20.3 Å². The summed E-state index contributed by atoms with van der Waals surface area (Å²) in [5.74, 6) is -3.69. The minimum absolute atomic E-state index is 0.0907. The van der Waals surface area contributed by atoms with Crippen molar-refractivity contribution in [3.05, 3.63) is 56.9 Å². The van der Waals surface area contributed by atoms with Crippen LogP contribution in [0, 0.1) is 21.0 Å². The summed E-state index contributed by atoms with van der Waals surface area (Å²) in [4.78, 5) is 26.1. The van der Waals surface area contributed by atoms with Crippen LogP contribution in [-0.2, 0) is 4.74 Å². The predicted octanol–water partition coefficient (Wildman–Crippen LogP) is 4.80. The molecule has 6 nitrogen and oxygen atoms in total. The standard InChI is InChI=1S/C21H21F3IN3O3/c1-21(2,3)31-20(30)26-12-9-28(10-12)19(29)13-5-6-14(22)17(24)18(13)27-16-7-4-11(25)8-15(16)23/h4-8,12,27H,9-10H2,1-3H3,(H,26,30). The molecule has 0 bridgehead atoms. The van der Waals surface area contributed by atoms with E-state index in [2.05, 4.69) is 10.6 Å². The molecule has 1 fully saturated rings. The van der Waals surface area contributed by atoms with Gasteiger partial charge in [0.1, 0.15) is 11.4 Å². The highest BCUT2D eigenvalue weighted by Crippen LogP contribution is 2.30. The van der Waals surface area contributed by atoms with E-state index in [4.69, 9.17) is 4.74 Å². The number of ether oxygens (including phenoxy) is 1. The number of hydrogen-bond acceptors (Lipinski definition) is 4. The summed E-state index contributed by atoms with van der Waals surface area (Å²) in [5, 5.41) is 5.14. The summed E-state index contributed by atoms with van der Waals surface area (Å²) in [6.07, 6.45) is -0.603. The van der Waals surface area contributed by atoms with Crippen LogP contribution in [0.25, 0.3) is 0 Å². The van der Waals surface area contributed by atoms with Gasteiger partial charge in [0.15, 0.2) is 11.6 Å². The largest absolute Gasteiger partial charge is 0.444 e. The summed E-state index contributed by atoms with van der Waals surface area (Å²) in [6.45, 7) is 5.55. The highest BCUT2D eigenvalue weighted by molar-refractivity contribution is 14.1. The molecule has 0 saturated carbocycles. The van der Waals surface area contributed by atoms with Crippen LogP contribution < -0.4 is 10.6 Å². The molecule has 10 heteroatoms. The second-order valence-corrected chi connectivity index (χ2v) is 9.33. The second kappa shape index (κ2) is 8.93. The maximum absolute atomic E-state index is 14.5. The maximum Gasteiger partial charge on any atom is 0.407 e. The van der Waals surface area contributed by atoms with Gasteiger partial charge in [-0.15, -0.1) is 0 Å². The van der Waals surface area contributed by atoms with E-state index in [1.165, 1.54) is 17.0 Å². The van der Waals surface area contributed by atoms with Gasteiger partial charge in [0.2, 0.25) is 0 Å². The zero-order valence-corrected chi connectivity index (χ0v) is 19.2. The fourth-order valence-corrected chi connectivity index (χ4v) is 3.41. The third-order valence-electron chi connectivity index (χ3n) is 4.41. The molecule has 0 aromatic heterocycles. The van der Waals surface area contributed by atoms with Crippen LogP contribution in [0.5, 0.6) is 0 Å². The topological polar surface area (TPSA) is 70.7 Å². The molecule has 2 aromatic carbocycles. The number of nitrogens with zero attached hydrogens (tertiary/aromatic N) is 1. The minimum atomic E-state index is -1.28. The fraction of sp³-hybridized carbons (Fsp3) is 0.333. The van der Waals surface area contributed by atoms with Crippen LogP contribution in [0.2, 0.25) is 0 Å². The monoisotopic (exact) mass is 547 g/mol. The maximum atomic E-state index is 14.5. The number of rotatable bonds is 4. The van der Waals surface area contributed by atoms with Crippen LogP contribution in [0.1, 0.15) is 31.1 Å². The van der Waals surface area contributed by atoms with Crippen molar-refractivity contribution < 1.29 is 27.5 Å². The Hall–Kier alpha value is -2.50. The van der Waals surface area contributed by atoms with Gasteiger partial charge in [-0.1, -0.05) is 0 Å². The first-order valence-corrected chi connectivity index (χ1v) is 10.5. The van der Waals surface area contributed by atoms with Crippen molar-refractivity contribution in [2.24, 2.45) is 0 Å². The van der Waals surface area contributed by atoms with Crippen LogP contribution in [-0.4, -0.2) is 41.6 Å². The van der Waals surface area contributed by atoms with E-state index >= 15 is 0 Å². The van der Waals surface area contributed by atoms with Gasteiger partial charge in [-0.2, -0.15) is 0 Å². The number of carbonyl (C=O) groups excluding carboxylic acids is 2. The van der Waals surface area contributed by atoms with E-state index in [1.807, 2.05) is 22.6 Å². The number of anilines is 2. The lowest BCUT2D eigenvalue weighted by Crippen LogP contribution is -2.61. The first kappa shape index (κ1) is 23.2. The molecule has 1 aliphatic rings. The molecule has 0 spiro atoms. The Bertz CT molecular complexity index is 1020. The van der Waals surface area contributed by atoms with Gasteiger partial charge in [0, 0.05) is 16.7 Å². The summed E-state index contributed by atoms with van der Waals surface area (Å²) in [7, 11) is 0. The SMILES string of the molecule is CC(C)(C)OC(=O)NC1CN(C(=O)c2ccc(F)c(F)c2Nc2ccc(I)cc2F)C1. The molecular weight excluding hydrogens is 526 g/mol. The van der Waals surface area contributed by atoms with Gasteiger partial charge >= 0.3 is 6.09 Å². The number of hydrogen-bond donors (Lipinski definition) is 2. The summed E-state index contributed by atoms with van der Waals surface area (Å²) in [6, 6.07) is 5.85. The van der Waals surface area contributed by atoms with E-state index in [0.717, 1.165) is 12.1 Å². The normalized spacial score (nSPS) is 14.1.